The Morgan fingerprint density at radius 3 is 2.60 bits per heavy atom. The molecule has 0 unspecified atom stereocenters. The number of piperidine rings is 1. The molecule has 0 bridgehead atoms. The Labute approximate surface area is 147 Å². The van der Waals surface area contributed by atoms with Crippen LogP contribution in [0.4, 0.5) is 0 Å². The number of likely N-dealkylation sites (tertiary alicyclic amines) is 1. The van der Waals surface area contributed by atoms with E-state index in [4.69, 9.17) is 4.42 Å². The summed E-state index contributed by atoms with van der Waals surface area (Å²) >= 11 is 0. The average Bonchev–Trinajstić information content (AvgIpc) is 2.95. The lowest BCUT2D eigenvalue weighted by Crippen LogP contribution is -2.47. The van der Waals surface area contributed by atoms with E-state index in [1.54, 1.807) is 7.05 Å². The molecule has 3 rings (SSSR count). The average molecular weight is 343 g/mol. The molecule has 6 nitrogen and oxygen atoms in total. The highest BCUT2D eigenvalue weighted by Crippen LogP contribution is 2.27. The number of para-hydroxylation sites is 1. The van der Waals surface area contributed by atoms with Crippen molar-refractivity contribution in [2.45, 2.75) is 32.7 Å². The molecule has 2 aromatic rings. The van der Waals surface area contributed by atoms with Gasteiger partial charge in [0.25, 0.3) is 5.91 Å². The van der Waals surface area contributed by atoms with E-state index in [2.05, 4.69) is 15.5 Å². The first-order valence-corrected chi connectivity index (χ1v) is 8.72. The standard InChI is InChI=1S/C19H25N3O3/c1-12-5-4-6-15-13(2)18(25-17(12)15)19(24)21-14-7-9-22(10-8-14)11-16(23)20-3/h4-6,14H,7-11H2,1-3H3,(H,20,23)(H,21,24). The van der Waals surface area contributed by atoms with Crippen LogP contribution in [0.25, 0.3) is 11.0 Å². The fraction of sp³-hybridized carbons (Fsp3) is 0.474. The number of furan rings is 1. The van der Waals surface area contributed by atoms with Crippen molar-refractivity contribution in [2.24, 2.45) is 0 Å². The van der Waals surface area contributed by atoms with E-state index < -0.39 is 0 Å². The van der Waals surface area contributed by atoms with Crippen LogP contribution >= 0.6 is 0 Å². The monoisotopic (exact) mass is 343 g/mol. The number of amides is 2. The molecule has 25 heavy (non-hydrogen) atoms. The number of aryl methyl sites for hydroxylation is 2. The summed E-state index contributed by atoms with van der Waals surface area (Å²) in [5, 5.41) is 6.71. The molecule has 1 aliphatic heterocycles. The molecule has 0 saturated carbocycles. The van der Waals surface area contributed by atoms with Gasteiger partial charge >= 0.3 is 0 Å². The van der Waals surface area contributed by atoms with Crippen LogP contribution in [0, 0.1) is 13.8 Å². The Morgan fingerprint density at radius 1 is 1.24 bits per heavy atom. The van der Waals surface area contributed by atoms with E-state index in [1.807, 2.05) is 32.0 Å². The van der Waals surface area contributed by atoms with Crippen molar-refractivity contribution < 1.29 is 14.0 Å². The van der Waals surface area contributed by atoms with Crippen LogP contribution in [0.15, 0.2) is 22.6 Å². The summed E-state index contributed by atoms with van der Waals surface area (Å²) < 4.78 is 5.85. The summed E-state index contributed by atoms with van der Waals surface area (Å²) in [5.74, 6) is 0.269. The van der Waals surface area contributed by atoms with Crippen LogP contribution < -0.4 is 10.6 Å². The number of rotatable bonds is 4. The maximum atomic E-state index is 12.6. The quantitative estimate of drug-likeness (QED) is 0.890. The normalized spacial score (nSPS) is 16.1. The van der Waals surface area contributed by atoms with Crippen molar-refractivity contribution in [3.05, 3.63) is 35.1 Å². The smallest absolute Gasteiger partial charge is 0.287 e. The van der Waals surface area contributed by atoms with Crippen LogP contribution in [-0.2, 0) is 4.79 Å². The first-order valence-electron chi connectivity index (χ1n) is 8.72. The molecule has 1 aromatic carbocycles. The second-order valence-electron chi connectivity index (χ2n) is 6.70. The molecule has 2 heterocycles. The van der Waals surface area contributed by atoms with Gasteiger partial charge in [0.2, 0.25) is 5.91 Å². The van der Waals surface area contributed by atoms with Gasteiger partial charge < -0.3 is 15.1 Å². The number of hydrogen-bond acceptors (Lipinski definition) is 4. The van der Waals surface area contributed by atoms with Gasteiger partial charge in [0.05, 0.1) is 6.54 Å². The topological polar surface area (TPSA) is 74.6 Å². The first kappa shape index (κ1) is 17.5. The summed E-state index contributed by atoms with van der Waals surface area (Å²) in [6, 6.07) is 6.05. The zero-order valence-corrected chi connectivity index (χ0v) is 15.0. The van der Waals surface area contributed by atoms with Crippen LogP contribution in [0.3, 0.4) is 0 Å². The lowest BCUT2D eigenvalue weighted by molar-refractivity contribution is -0.122. The molecule has 1 saturated heterocycles. The third-order valence-corrected chi connectivity index (χ3v) is 4.94. The van der Waals surface area contributed by atoms with Crippen molar-refractivity contribution in [3.63, 3.8) is 0 Å². The highest BCUT2D eigenvalue weighted by Gasteiger charge is 2.25. The maximum Gasteiger partial charge on any atom is 0.287 e. The minimum atomic E-state index is -0.155. The molecule has 2 amide bonds. The predicted molar refractivity (Wildman–Crippen MR) is 96.7 cm³/mol. The second kappa shape index (κ2) is 7.27. The van der Waals surface area contributed by atoms with Crippen LogP contribution in [0.2, 0.25) is 0 Å². The molecule has 134 valence electrons. The Balaban J connectivity index is 1.63. The summed E-state index contributed by atoms with van der Waals surface area (Å²) in [4.78, 5) is 26.2. The SMILES string of the molecule is CNC(=O)CN1CCC(NC(=O)c2oc3c(C)cccc3c2C)CC1. The number of likely N-dealkylation sites (N-methyl/N-ethyl adjacent to an activating group) is 1. The first-order chi connectivity index (χ1) is 12.0. The van der Waals surface area contributed by atoms with Gasteiger partial charge in [0.15, 0.2) is 5.76 Å². The van der Waals surface area contributed by atoms with Crippen molar-refractivity contribution in [1.29, 1.82) is 0 Å². The molecule has 1 fully saturated rings. The highest BCUT2D eigenvalue weighted by atomic mass is 16.3. The molecule has 0 aliphatic carbocycles. The van der Waals surface area contributed by atoms with Gasteiger partial charge in [-0.3, -0.25) is 14.5 Å². The summed E-state index contributed by atoms with van der Waals surface area (Å²) in [5.41, 5.74) is 2.70. The number of hydrogen-bond donors (Lipinski definition) is 2. The molecule has 0 spiro atoms. The van der Waals surface area contributed by atoms with Gasteiger partial charge in [0.1, 0.15) is 5.58 Å². The number of carbonyl (C=O) groups is 2. The zero-order chi connectivity index (χ0) is 18.0. The Kier molecular flexibility index (Phi) is 5.08. The molecule has 1 aliphatic rings. The summed E-state index contributed by atoms with van der Waals surface area (Å²) in [6.45, 7) is 5.92. The lowest BCUT2D eigenvalue weighted by Gasteiger charge is -2.31. The van der Waals surface area contributed by atoms with Crippen LogP contribution in [0.1, 0.15) is 34.5 Å². The van der Waals surface area contributed by atoms with Gasteiger partial charge in [0, 0.05) is 37.1 Å². The molecular formula is C19H25N3O3. The fourth-order valence-corrected chi connectivity index (χ4v) is 3.37. The third-order valence-electron chi connectivity index (χ3n) is 4.94. The minimum Gasteiger partial charge on any atom is -0.450 e. The number of nitrogens with one attached hydrogen (secondary N) is 2. The van der Waals surface area contributed by atoms with Crippen LogP contribution in [-0.4, -0.2) is 49.4 Å². The van der Waals surface area contributed by atoms with Gasteiger partial charge in [-0.15, -0.1) is 0 Å². The highest BCUT2D eigenvalue weighted by molar-refractivity contribution is 5.99. The molecule has 0 atom stereocenters. The van der Waals surface area contributed by atoms with Crippen molar-refractivity contribution in [3.8, 4) is 0 Å². The van der Waals surface area contributed by atoms with Gasteiger partial charge in [-0.05, 0) is 32.3 Å². The Bertz CT molecular complexity index is 789. The van der Waals surface area contributed by atoms with Crippen molar-refractivity contribution >= 4 is 22.8 Å². The van der Waals surface area contributed by atoms with Crippen molar-refractivity contribution in [2.75, 3.05) is 26.7 Å². The summed E-state index contributed by atoms with van der Waals surface area (Å²) in [6.07, 6.45) is 1.67. The second-order valence-corrected chi connectivity index (χ2v) is 6.70. The molecule has 2 N–H and O–H groups in total. The number of nitrogens with zero attached hydrogens (tertiary/aromatic N) is 1. The fourth-order valence-electron chi connectivity index (χ4n) is 3.37. The molecule has 1 aromatic heterocycles. The number of benzene rings is 1. The van der Waals surface area contributed by atoms with Gasteiger partial charge in [-0.1, -0.05) is 18.2 Å². The van der Waals surface area contributed by atoms with E-state index in [-0.39, 0.29) is 17.9 Å². The van der Waals surface area contributed by atoms with Crippen molar-refractivity contribution in [1.82, 2.24) is 15.5 Å². The molecule has 6 heteroatoms. The molecule has 0 radical (unpaired) electrons. The Morgan fingerprint density at radius 2 is 1.96 bits per heavy atom. The number of fused-ring (bicyclic) bond motifs is 1. The minimum absolute atomic E-state index is 0.0238. The molecular weight excluding hydrogens is 318 g/mol. The van der Waals surface area contributed by atoms with E-state index in [9.17, 15) is 9.59 Å². The van der Waals surface area contributed by atoms with Gasteiger partial charge in [-0.25, -0.2) is 0 Å². The Hall–Kier alpha value is -2.34. The third kappa shape index (κ3) is 3.69. The van der Waals surface area contributed by atoms with Gasteiger partial charge in [-0.2, -0.15) is 0 Å². The number of carbonyl (C=O) groups excluding carboxylic acids is 2. The summed E-state index contributed by atoms with van der Waals surface area (Å²) in [7, 11) is 1.65. The van der Waals surface area contributed by atoms with E-state index in [1.165, 1.54) is 0 Å². The van der Waals surface area contributed by atoms with Crippen LogP contribution in [0.5, 0.6) is 0 Å². The maximum absolute atomic E-state index is 12.6. The predicted octanol–water partition coefficient (Wildman–Crippen LogP) is 1.99. The van der Waals surface area contributed by atoms with E-state index in [0.717, 1.165) is 48.0 Å². The zero-order valence-electron chi connectivity index (χ0n) is 15.0. The van der Waals surface area contributed by atoms with E-state index >= 15 is 0 Å². The van der Waals surface area contributed by atoms with E-state index in [0.29, 0.717) is 12.3 Å². The lowest BCUT2D eigenvalue weighted by atomic mass is 10.0. The largest absolute Gasteiger partial charge is 0.450 e.